The molecule has 0 aromatic heterocycles. The van der Waals surface area contributed by atoms with Crippen molar-refractivity contribution in [2.75, 3.05) is 0 Å². The van der Waals surface area contributed by atoms with E-state index in [0.29, 0.717) is 6.61 Å². The first-order chi connectivity index (χ1) is 8.70. The molecule has 18 heavy (non-hydrogen) atoms. The van der Waals surface area contributed by atoms with Crippen molar-refractivity contribution in [3.05, 3.63) is 64.7 Å². The van der Waals surface area contributed by atoms with Crippen LogP contribution >= 0.6 is 0 Å². The lowest BCUT2D eigenvalue weighted by Crippen LogP contribution is -1.99. The topological polar surface area (TPSA) is 29.5 Å². The van der Waals surface area contributed by atoms with Crippen LogP contribution in [0.25, 0.3) is 0 Å². The normalized spacial score (nSPS) is 10.4. The zero-order chi connectivity index (χ0) is 13.0. The lowest BCUT2D eigenvalue weighted by atomic mass is 10.1. The average molecular weight is 242 g/mol. The smallest absolute Gasteiger partial charge is 0.123 e. The molecule has 2 aromatic rings. The molecular formula is C16H18O2. The van der Waals surface area contributed by atoms with Gasteiger partial charge in [0.2, 0.25) is 0 Å². The molecule has 0 aliphatic carbocycles. The van der Waals surface area contributed by atoms with Crippen molar-refractivity contribution in [2.45, 2.75) is 27.1 Å². The van der Waals surface area contributed by atoms with Gasteiger partial charge in [0, 0.05) is 0 Å². The number of rotatable bonds is 4. The van der Waals surface area contributed by atoms with Crippen LogP contribution in [-0.2, 0) is 13.2 Å². The molecule has 1 N–H and O–H groups in total. The van der Waals surface area contributed by atoms with Crippen molar-refractivity contribution >= 4 is 0 Å². The highest BCUT2D eigenvalue weighted by atomic mass is 16.5. The predicted octanol–water partition coefficient (Wildman–Crippen LogP) is 3.37. The summed E-state index contributed by atoms with van der Waals surface area (Å²) in [6.07, 6.45) is 0. The van der Waals surface area contributed by atoms with Gasteiger partial charge in [-0.3, -0.25) is 0 Å². The average Bonchev–Trinajstić information content (AvgIpc) is 2.40. The highest BCUT2D eigenvalue weighted by molar-refractivity contribution is 5.41. The van der Waals surface area contributed by atoms with Gasteiger partial charge in [0.05, 0.1) is 6.61 Å². The Morgan fingerprint density at radius 2 is 1.72 bits per heavy atom. The predicted molar refractivity (Wildman–Crippen MR) is 72.6 cm³/mol. The summed E-state index contributed by atoms with van der Waals surface area (Å²) in [5, 5.41) is 9.20. The van der Waals surface area contributed by atoms with Gasteiger partial charge in [-0.05, 0) is 48.2 Å². The van der Waals surface area contributed by atoms with Gasteiger partial charge in [0.15, 0.2) is 0 Å². The van der Waals surface area contributed by atoms with E-state index < -0.39 is 0 Å². The maximum atomic E-state index is 9.20. The molecule has 94 valence electrons. The highest BCUT2D eigenvalue weighted by Gasteiger charge is 2.05. The molecule has 0 bridgehead atoms. The lowest BCUT2D eigenvalue weighted by molar-refractivity contribution is 0.279. The summed E-state index contributed by atoms with van der Waals surface area (Å²) in [7, 11) is 0. The van der Waals surface area contributed by atoms with Crippen LogP contribution in [0.1, 0.15) is 22.3 Å². The summed E-state index contributed by atoms with van der Waals surface area (Å²) in [6, 6.07) is 14.1. The van der Waals surface area contributed by atoms with Crippen molar-refractivity contribution in [3.63, 3.8) is 0 Å². The Balaban J connectivity index is 2.13. The monoisotopic (exact) mass is 242 g/mol. The Hall–Kier alpha value is -1.80. The fourth-order valence-corrected chi connectivity index (χ4v) is 1.91. The number of aliphatic hydroxyl groups is 1. The molecule has 0 saturated heterocycles. The first-order valence-electron chi connectivity index (χ1n) is 6.08. The highest BCUT2D eigenvalue weighted by Crippen LogP contribution is 2.23. The van der Waals surface area contributed by atoms with Gasteiger partial charge < -0.3 is 9.84 Å². The van der Waals surface area contributed by atoms with E-state index in [1.807, 2.05) is 56.3 Å². The van der Waals surface area contributed by atoms with E-state index in [0.717, 1.165) is 28.0 Å². The van der Waals surface area contributed by atoms with E-state index in [-0.39, 0.29) is 6.61 Å². The zero-order valence-electron chi connectivity index (χ0n) is 10.8. The number of benzene rings is 2. The molecule has 2 rings (SSSR count). The third kappa shape index (κ3) is 2.90. The van der Waals surface area contributed by atoms with Gasteiger partial charge in [0.25, 0.3) is 0 Å². The second kappa shape index (κ2) is 5.69. The van der Waals surface area contributed by atoms with Crippen molar-refractivity contribution in [1.29, 1.82) is 0 Å². The van der Waals surface area contributed by atoms with Crippen LogP contribution in [0.3, 0.4) is 0 Å². The summed E-state index contributed by atoms with van der Waals surface area (Å²) in [5.74, 6) is 0.883. The SMILES string of the molecule is Cc1cc(OCc2ccccc2)c(C)cc1CO. The Morgan fingerprint density at radius 1 is 1.00 bits per heavy atom. The number of aliphatic hydroxyl groups excluding tert-OH is 1. The van der Waals surface area contributed by atoms with Gasteiger partial charge in [-0.25, -0.2) is 0 Å². The van der Waals surface area contributed by atoms with E-state index in [4.69, 9.17) is 4.74 Å². The largest absolute Gasteiger partial charge is 0.489 e. The molecule has 2 nitrogen and oxygen atoms in total. The maximum absolute atomic E-state index is 9.20. The van der Waals surface area contributed by atoms with E-state index in [9.17, 15) is 5.11 Å². The van der Waals surface area contributed by atoms with Gasteiger partial charge in [-0.15, -0.1) is 0 Å². The quantitative estimate of drug-likeness (QED) is 0.890. The number of aryl methyl sites for hydroxylation is 2. The summed E-state index contributed by atoms with van der Waals surface area (Å²) in [4.78, 5) is 0. The van der Waals surface area contributed by atoms with E-state index >= 15 is 0 Å². The Bertz CT molecular complexity index is 518. The van der Waals surface area contributed by atoms with Crippen LogP contribution in [-0.4, -0.2) is 5.11 Å². The molecule has 2 aromatic carbocycles. The van der Waals surface area contributed by atoms with Crippen LogP contribution in [0.5, 0.6) is 5.75 Å². The number of hydrogen-bond donors (Lipinski definition) is 1. The second-order valence-corrected chi connectivity index (χ2v) is 4.48. The summed E-state index contributed by atoms with van der Waals surface area (Å²) >= 11 is 0. The molecule has 0 unspecified atom stereocenters. The van der Waals surface area contributed by atoms with Gasteiger partial charge in [-0.2, -0.15) is 0 Å². The molecule has 0 spiro atoms. The van der Waals surface area contributed by atoms with Crippen molar-refractivity contribution in [2.24, 2.45) is 0 Å². The first kappa shape index (κ1) is 12.7. The van der Waals surface area contributed by atoms with Crippen LogP contribution in [0.15, 0.2) is 42.5 Å². The van der Waals surface area contributed by atoms with Gasteiger partial charge in [0.1, 0.15) is 12.4 Å². The minimum Gasteiger partial charge on any atom is -0.489 e. The molecule has 2 heteroatoms. The molecule has 0 fully saturated rings. The van der Waals surface area contributed by atoms with Crippen LogP contribution < -0.4 is 4.74 Å². The van der Waals surface area contributed by atoms with Crippen LogP contribution in [0, 0.1) is 13.8 Å². The Morgan fingerprint density at radius 3 is 2.39 bits per heavy atom. The molecule has 0 radical (unpaired) electrons. The summed E-state index contributed by atoms with van der Waals surface area (Å²) < 4.78 is 5.82. The fraction of sp³-hybridized carbons (Fsp3) is 0.250. The molecule has 0 aliphatic rings. The molecule has 0 aliphatic heterocycles. The standard InChI is InChI=1S/C16H18O2/c1-12-9-16(13(2)8-15(12)10-17)18-11-14-6-4-3-5-7-14/h3-9,17H,10-11H2,1-2H3. The van der Waals surface area contributed by atoms with E-state index in [1.54, 1.807) is 0 Å². The fourth-order valence-electron chi connectivity index (χ4n) is 1.91. The third-order valence-corrected chi connectivity index (χ3v) is 3.04. The van der Waals surface area contributed by atoms with Crippen molar-refractivity contribution in [3.8, 4) is 5.75 Å². The molecule has 0 heterocycles. The molecule has 0 amide bonds. The van der Waals surface area contributed by atoms with E-state index in [1.165, 1.54) is 0 Å². The van der Waals surface area contributed by atoms with Crippen LogP contribution in [0.4, 0.5) is 0 Å². The molecule has 0 saturated carbocycles. The number of hydrogen-bond acceptors (Lipinski definition) is 2. The molecule has 0 atom stereocenters. The Labute approximate surface area is 108 Å². The van der Waals surface area contributed by atoms with E-state index in [2.05, 4.69) is 0 Å². The minimum atomic E-state index is 0.0750. The van der Waals surface area contributed by atoms with Gasteiger partial charge in [-0.1, -0.05) is 30.3 Å². The summed E-state index contributed by atoms with van der Waals surface area (Å²) in [5.41, 5.74) is 4.23. The van der Waals surface area contributed by atoms with Crippen molar-refractivity contribution in [1.82, 2.24) is 0 Å². The number of ether oxygens (including phenoxy) is 1. The second-order valence-electron chi connectivity index (χ2n) is 4.48. The summed E-state index contributed by atoms with van der Waals surface area (Å²) in [6.45, 7) is 4.63. The molecular weight excluding hydrogens is 224 g/mol. The zero-order valence-corrected chi connectivity index (χ0v) is 10.8. The van der Waals surface area contributed by atoms with Gasteiger partial charge >= 0.3 is 0 Å². The van der Waals surface area contributed by atoms with Crippen LogP contribution in [0.2, 0.25) is 0 Å². The third-order valence-electron chi connectivity index (χ3n) is 3.04. The maximum Gasteiger partial charge on any atom is 0.123 e. The lowest BCUT2D eigenvalue weighted by Gasteiger charge is -2.12. The Kier molecular flexibility index (Phi) is 4.00. The minimum absolute atomic E-state index is 0.0750. The van der Waals surface area contributed by atoms with Crippen molar-refractivity contribution < 1.29 is 9.84 Å². The first-order valence-corrected chi connectivity index (χ1v) is 6.08.